The van der Waals surface area contributed by atoms with E-state index in [2.05, 4.69) is 34.1 Å². The van der Waals surface area contributed by atoms with Gasteiger partial charge in [0.2, 0.25) is 17.6 Å². The molecule has 3 aromatic rings. The number of halogens is 1. The number of hydrogen-bond donors (Lipinski definition) is 2. The van der Waals surface area contributed by atoms with Crippen LogP contribution in [0, 0.1) is 5.82 Å². The predicted molar refractivity (Wildman–Crippen MR) is 135 cm³/mol. The van der Waals surface area contributed by atoms with E-state index < -0.39 is 5.82 Å². The van der Waals surface area contributed by atoms with Gasteiger partial charge in [0, 0.05) is 37.5 Å². The van der Waals surface area contributed by atoms with Crippen molar-refractivity contribution in [2.45, 2.75) is 32.5 Å². The van der Waals surface area contributed by atoms with E-state index >= 15 is 0 Å². The standard InChI is InChI=1S/C25H33FN6O4/c1-16-14-31(15-17(2)36-16)10-7-11-35-23-21(33-3)12-18(13-22(23)34-4)28-25-29-24(27)32(30-25)20-9-6-5-8-19(20)26/h5-6,8-9,12-13,16-17H,7,10-11,14-15H2,1-4H3,(H3,27,28,29,30). The molecule has 1 fully saturated rings. The Morgan fingerprint density at radius 3 is 2.42 bits per heavy atom. The number of nitrogens with one attached hydrogen (secondary N) is 1. The number of anilines is 3. The Morgan fingerprint density at radius 2 is 1.78 bits per heavy atom. The summed E-state index contributed by atoms with van der Waals surface area (Å²) in [6, 6.07) is 9.70. The molecule has 2 atom stereocenters. The van der Waals surface area contributed by atoms with E-state index in [1.54, 1.807) is 44.6 Å². The molecule has 10 nitrogen and oxygen atoms in total. The van der Waals surface area contributed by atoms with E-state index in [-0.39, 0.29) is 29.8 Å². The monoisotopic (exact) mass is 500 g/mol. The number of nitrogens with two attached hydrogens (primary N) is 1. The lowest BCUT2D eigenvalue weighted by molar-refractivity contribution is -0.0686. The maximum atomic E-state index is 14.2. The minimum atomic E-state index is -0.455. The van der Waals surface area contributed by atoms with E-state index in [0.717, 1.165) is 26.1 Å². The van der Waals surface area contributed by atoms with Crippen LogP contribution in [0.3, 0.4) is 0 Å². The van der Waals surface area contributed by atoms with E-state index in [9.17, 15) is 4.39 Å². The van der Waals surface area contributed by atoms with Gasteiger partial charge in [0.1, 0.15) is 11.5 Å². The number of rotatable bonds is 10. The average molecular weight is 501 g/mol. The Hall–Kier alpha value is -3.57. The lowest BCUT2D eigenvalue weighted by Crippen LogP contribution is -2.45. The number of nitrogen functional groups attached to an aromatic ring is 1. The molecule has 0 spiro atoms. The largest absolute Gasteiger partial charge is 0.493 e. The molecule has 194 valence electrons. The van der Waals surface area contributed by atoms with E-state index in [4.69, 9.17) is 24.7 Å². The summed E-state index contributed by atoms with van der Waals surface area (Å²) < 4.78 is 38.4. The van der Waals surface area contributed by atoms with Crippen molar-refractivity contribution in [3.8, 4) is 22.9 Å². The first-order chi connectivity index (χ1) is 17.4. The van der Waals surface area contributed by atoms with Crippen LogP contribution in [0.1, 0.15) is 20.3 Å². The predicted octanol–water partition coefficient (Wildman–Crippen LogP) is 3.63. The Kier molecular flexibility index (Phi) is 8.11. The minimum Gasteiger partial charge on any atom is -0.493 e. The van der Waals surface area contributed by atoms with Gasteiger partial charge in [0.05, 0.1) is 33.0 Å². The number of ether oxygens (including phenoxy) is 4. The zero-order chi connectivity index (χ0) is 25.7. The molecule has 2 aromatic carbocycles. The first kappa shape index (κ1) is 25.5. The number of morpholine rings is 1. The highest BCUT2D eigenvalue weighted by atomic mass is 19.1. The van der Waals surface area contributed by atoms with Gasteiger partial charge in [-0.2, -0.15) is 9.67 Å². The van der Waals surface area contributed by atoms with Crippen molar-refractivity contribution in [2.75, 3.05) is 51.5 Å². The van der Waals surface area contributed by atoms with Gasteiger partial charge >= 0.3 is 0 Å². The normalized spacial score (nSPS) is 18.1. The third-order valence-electron chi connectivity index (χ3n) is 5.79. The number of nitrogens with zero attached hydrogens (tertiary/aromatic N) is 4. The summed E-state index contributed by atoms with van der Waals surface area (Å²) in [5.41, 5.74) is 6.77. The summed E-state index contributed by atoms with van der Waals surface area (Å²) in [5, 5.41) is 7.36. The van der Waals surface area contributed by atoms with Gasteiger partial charge in [0.15, 0.2) is 11.5 Å². The van der Waals surface area contributed by atoms with Crippen molar-refractivity contribution in [1.29, 1.82) is 0 Å². The van der Waals surface area contributed by atoms with Gasteiger partial charge in [-0.3, -0.25) is 4.90 Å². The Balaban J connectivity index is 1.43. The SMILES string of the molecule is COc1cc(Nc2nc(N)n(-c3ccccc3F)n2)cc(OC)c1OCCCN1CC(C)OC(C)C1. The second-order valence-corrected chi connectivity index (χ2v) is 8.71. The Morgan fingerprint density at radius 1 is 1.11 bits per heavy atom. The molecule has 1 saturated heterocycles. The molecule has 0 radical (unpaired) electrons. The van der Waals surface area contributed by atoms with Crippen LogP contribution in [-0.4, -0.2) is 72.3 Å². The van der Waals surface area contributed by atoms with Crippen molar-refractivity contribution in [2.24, 2.45) is 0 Å². The highest BCUT2D eigenvalue weighted by Crippen LogP contribution is 2.41. The fourth-order valence-electron chi connectivity index (χ4n) is 4.33. The minimum absolute atomic E-state index is 0.0468. The summed E-state index contributed by atoms with van der Waals surface area (Å²) in [6.45, 7) is 7.45. The van der Waals surface area contributed by atoms with Gasteiger partial charge in [-0.1, -0.05) is 12.1 Å². The number of para-hydroxylation sites is 1. The zero-order valence-electron chi connectivity index (χ0n) is 21.0. The molecule has 2 heterocycles. The van der Waals surface area contributed by atoms with Crippen LogP contribution >= 0.6 is 0 Å². The first-order valence-corrected chi connectivity index (χ1v) is 11.9. The molecule has 4 rings (SSSR count). The number of benzene rings is 2. The molecule has 1 aliphatic heterocycles. The van der Waals surface area contributed by atoms with Crippen LogP contribution in [-0.2, 0) is 4.74 Å². The van der Waals surface area contributed by atoms with Crippen LogP contribution in [0.25, 0.3) is 5.69 Å². The van der Waals surface area contributed by atoms with E-state index in [1.165, 1.54) is 10.7 Å². The molecule has 11 heteroatoms. The quantitative estimate of drug-likeness (QED) is 0.403. The molecule has 1 aromatic heterocycles. The molecular weight excluding hydrogens is 467 g/mol. The molecular formula is C25H33FN6O4. The Bertz CT molecular complexity index is 1140. The maximum Gasteiger partial charge on any atom is 0.248 e. The zero-order valence-corrected chi connectivity index (χ0v) is 21.0. The van der Waals surface area contributed by atoms with Crippen LogP contribution in [0.2, 0.25) is 0 Å². The average Bonchev–Trinajstić information content (AvgIpc) is 3.21. The van der Waals surface area contributed by atoms with E-state index in [0.29, 0.717) is 29.5 Å². The highest BCUT2D eigenvalue weighted by molar-refractivity contribution is 5.66. The summed E-state index contributed by atoms with van der Waals surface area (Å²) in [5.74, 6) is 1.29. The van der Waals surface area contributed by atoms with Crippen molar-refractivity contribution in [3.63, 3.8) is 0 Å². The fourth-order valence-corrected chi connectivity index (χ4v) is 4.33. The molecule has 3 N–H and O–H groups in total. The van der Waals surface area contributed by atoms with Crippen molar-refractivity contribution < 1.29 is 23.3 Å². The van der Waals surface area contributed by atoms with Gasteiger partial charge in [0.25, 0.3) is 0 Å². The summed E-state index contributed by atoms with van der Waals surface area (Å²) >= 11 is 0. The lowest BCUT2D eigenvalue weighted by Gasteiger charge is -2.35. The van der Waals surface area contributed by atoms with Crippen LogP contribution in [0.4, 0.5) is 22.0 Å². The molecule has 1 aliphatic rings. The molecule has 2 unspecified atom stereocenters. The summed E-state index contributed by atoms with van der Waals surface area (Å²) in [7, 11) is 3.12. The van der Waals surface area contributed by atoms with Crippen molar-refractivity contribution >= 4 is 17.6 Å². The van der Waals surface area contributed by atoms with E-state index in [1.807, 2.05) is 0 Å². The maximum absolute atomic E-state index is 14.2. The number of hydrogen-bond acceptors (Lipinski definition) is 9. The second kappa shape index (κ2) is 11.4. The smallest absolute Gasteiger partial charge is 0.248 e. The molecule has 0 aliphatic carbocycles. The number of aromatic nitrogens is 3. The first-order valence-electron chi connectivity index (χ1n) is 11.9. The van der Waals surface area contributed by atoms with Gasteiger partial charge in [-0.15, -0.1) is 5.10 Å². The van der Waals surface area contributed by atoms with Crippen LogP contribution < -0.4 is 25.3 Å². The number of methoxy groups -OCH3 is 2. The van der Waals surface area contributed by atoms with Crippen LogP contribution in [0.5, 0.6) is 17.2 Å². The summed E-state index contributed by atoms with van der Waals surface area (Å²) in [6.07, 6.45) is 1.32. The Labute approximate surface area is 210 Å². The molecule has 36 heavy (non-hydrogen) atoms. The molecule has 0 bridgehead atoms. The highest BCUT2D eigenvalue weighted by Gasteiger charge is 2.22. The van der Waals surface area contributed by atoms with Crippen molar-refractivity contribution in [1.82, 2.24) is 19.7 Å². The van der Waals surface area contributed by atoms with Gasteiger partial charge in [-0.05, 0) is 32.4 Å². The lowest BCUT2D eigenvalue weighted by atomic mass is 10.2. The van der Waals surface area contributed by atoms with Gasteiger partial charge in [-0.25, -0.2) is 4.39 Å². The molecule has 0 saturated carbocycles. The topological polar surface area (TPSA) is 109 Å². The third-order valence-corrected chi connectivity index (χ3v) is 5.79. The van der Waals surface area contributed by atoms with Gasteiger partial charge < -0.3 is 30.0 Å². The second-order valence-electron chi connectivity index (χ2n) is 8.71. The summed E-state index contributed by atoms with van der Waals surface area (Å²) in [4.78, 5) is 6.59. The van der Waals surface area contributed by atoms with Crippen LogP contribution in [0.15, 0.2) is 36.4 Å². The van der Waals surface area contributed by atoms with Crippen molar-refractivity contribution in [3.05, 3.63) is 42.2 Å². The fraction of sp³-hybridized carbons (Fsp3) is 0.440. The third kappa shape index (κ3) is 5.97. The molecule has 0 amide bonds.